The second-order valence-corrected chi connectivity index (χ2v) is 6.39. The first kappa shape index (κ1) is 17.1. The van der Waals surface area contributed by atoms with Crippen molar-refractivity contribution in [2.75, 3.05) is 11.9 Å². The largest absolute Gasteiger partial charge is 0.494 e. The van der Waals surface area contributed by atoms with Gasteiger partial charge in [-0.25, -0.2) is 0 Å². The summed E-state index contributed by atoms with van der Waals surface area (Å²) in [5.74, 6) is 1.22. The first-order chi connectivity index (χ1) is 10.9. The number of hydrogen-bond donors (Lipinski definition) is 1. The molecule has 1 N–H and O–H groups in total. The minimum Gasteiger partial charge on any atom is -0.494 e. The van der Waals surface area contributed by atoms with E-state index in [1.54, 1.807) is 12.1 Å². The molecule has 1 amide bonds. The minimum atomic E-state index is -0.121. The van der Waals surface area contributed by atoms with Crippen LogP contribution in [0.5, 0.6) is 5.75 Å². The number of rotatable bonds is 6. The Morgan fingerprint density at radius 1 is 1.09 bits per heavy atom. The summed E-state index contributed by atoms with van der Waals surface area (Å²) < 4.78 is 5.72. The lowest BCUT2D eigenvalue weighted by molar-refractivity contribution is 0.102. The summed E-state index contributed by atoms with van der Waals surface area (Å²) in [5.41, 5.74) is 3.68. The van der Waals surface area contributed by atoms with Gasteiger partial charge in [-0.3, -0.25) is 4.79 Å². The van der Waals surface area contributed by atoms with Gasteiger partial charge in [-0.15, -0.1) is 0 Å². The van der Waals surface area contributed by atoms with E-state index in [1.165, 1.54) is 0 Å². The normalized spacial score (nSPS) is 10.7. The van der Waals surface area contributed by atoms with E-state index in [0.29, 0.717) is 18.1 Å². The molecule has 0 spiro atoms. The molecule has 0 aromatic heterocycles. The molecule has 0 bridgehead atoms. The molecule has 0 saturated carbocycles. The Labute approximate surface area is 138 Å². The zero-order chi connectivity index (χ0) is 16.8. The molecule has 122 valence electrons. The number of carbonyl (C=O) groups excluding carboxylic acids is 1. The molecule has 0 unspecified atom stereocenters. The minimum absolute atomic E-state index is 0.121. The van der Waals surface area contributed by atoms with Crippen LogP contribution >= 0.6 is 0 Å². The van der Waals surface area contributed by atoms with Gasteiger partial charge in [0, 0.05) is 11.3 Å². The van der Waals surface area contributed by atoms with Gasteiger partial charge in [0.25, 0.3) is 5.91 Å². The lowest BCUT2D eigenvalue weighted by atomic mass is 10.1. The third-order valence-corrected chi connectivity index (χ3v) is 3.54. The molecule has 0 aliphatic heterocycles. The molecule has 0 radical (unpaired) electrons. The average molecular weight is 311 g/mol. The van der Waals surface area contributed by atoms with Crippen LogP contribution in [0.15, 0.2) is 42.5 Å². The second-order valence-electron chi connectivity index (χ2n) is 6.39. The van der Waals surface area contributed by atoms with Crippen molar-refractivity contribution in [2.24, 2.45) is 5.92 Å². The van der Waals surface area contributed by atoms with Crippen molar-refractivity contribution in [1.82, 2.24) is 0 Å². The van der Waals surface area contributed by atoms with E-state index in [4.69, 9.17) is 4.74 Å². The summed E-state index contributed by atoms with van der Waals surface area (Å²) in [6, 6.07) is 13.3. The van der Waals surface area contributed by atoms with Gasteiger partial charge in [-0.1, -0.05) is 26.0 Å². The fourth-order valence-corrected chi connectivity index (χ4v) is 2.39. The summed E-state index contributed by atoms with van der Waals surface area (Å²) in [5, 5.41) is 2.95. The number of ether oxygens (including phenoxy) is 1. The Kier molecular flexibility index (Phi) is 5.80. The number of aryl methyl sites for hydroxylation is 2. The number of amides is 1. The van der Waals surface area contributed by atoms with Crippen molar-refractivity contribution in [3.8, 4) is 5.75 Å². The van der Waals surface area contributed by atoms with Crippen molar-refractivity contribution in [2.45, 2.75) is 34.1 Å². The van der Waals surface area contributed by atoms with Crippen molar-refractivity contribution in [3.05, 3.63) is 59.2 Å². The quantitative estimate of drug-likeness (QED) is 0.817. The lowest BCUT2D eigenvalue weighted by Gasteiger charge is -2.10. The monoisotopic (exact) mass is 311 g/mol. The van der Waals surface area contributed by atoms with Gasteiger partial charge in [0.1, 0.15) is 5.75 Å². The van der Waals surface area contributed by atoms with Crippen LogP contribution in [0, 0.1) is 19.8 Å². The van der Waals surface area contributed by atoms with Gasteiger partial charge in [0.2, 0.25) is 0 Å². The number of hydrogen-bond acceptors (Lipinski definition) is 2. The summed E-state index contributed by atoms with van der Waals surface area (Å²) in [6.07, 6.45) is 0.999. The number of nitrogens with one attached hydrogen (secondary N) is 1. The standard InChI is InChI=1S/C20H25NO2/c1-14(2)8-9-23-19-7-5-6-17(13-19)20(22)21-18-11-15(3)10-16(4)12-18/h5-7,10-14H,8-9H2,1-4H3,(H,21,22). The van der Waals surface area contributed by atoms with Crippen molar-refractivity contribution >= 4 is 11.6 Å². The van der Waals surface area contributed by atoms with E-state index in [-0.39, 0.29) is 5.91 Å². The van der Waals surface area contributed by atoms with E-state index in [9.17, 15) is 4.79 Å². The van der Waals surface area contributed by atoms with Gasteiger partial charge in [0.05, 0.1) is 6.61 Å². The maximum Gasteiger partial charge on any atom is 0.255 e. The van der Waals surface area contributed by atoms with E-state index in [0.717, 1.165) is 29.0 Å². The zero-order valence-corrected chi connectivity index (χ0v) is 14.3. The zero-order valence-electron chi connectivity index (χ0n) is 14.3. The molecule has 2 aromatic rings. The van der Waals surface area contributed by atoms with Crippen LogP contribution in [0.2, 0.25) is 0 Å². The molecule has 3 heteroatoms. The van der Waals surface area contributed by atoms with Crippen LogP contribution in [0.4, 0.5) is 5.69 Å². The van der Waals surface area contributed by atoms with Gasteiger partial charge in [-0.05, 0) is 67.6 Å². The molecule has 3 nitrogen and oxygen atoms in total. The van der Waals surface area contributed by atoms with Crippen LogP contribution in [0.25, 0.3) is 0 Å². The summed E-state index contributed by atoms with van der Waals surface area (Å²) in [6.45, 7) is 9.03. The summed E-state index contributed by atoms with van der Waals surface area (Å²) in [7, 11) is 0. The fraction of sp³-hybridized carbons (Fsp3) is 0.350. The van der Waals surface area contributed by atoms with Gasteiger partial charge in [0.15, 0.2) is 0 Å². The Morgan fingerprint density at radius 2 is 1.78 bits per heavy atom. The fourth-order valence-electron chi connectivity index (χ4n) is 2.39. The lowest BCUT2D eigenvalue weighted by Crippen LogP contribution is -2.12. The predicted molar refractivity (Wildman–Crippen MR) is 95.3 cm³/mol. The van der Waals surface area contributed by atoms with E-state index in [1.807, 2.05) is 38.1 Å². The molecule has 0 saturated heterocycles. The highest BCUT2D eigenvalue weighted by atomic mass is 16.5. The molecule has 0 atom stereocenters. The van der Waals surface area contributed by atoms with E-state index < -0.39 is 0 Å². The Hall–Kier alpha value is -2.29. The molecule has 0 heterocycles. The third-order valence-electron chi connectivity index (χ3n) is 3.54. The molecule has 23 heavy (non-hydrogen) atoms. The highest BCUT2D eigenvalue weighted by Crippen LogP contribution is 2.18. The number of carbonyl (C=O) groups is 1. The highest BCUT2D eigenvalue weighted by Gasteiger charge is 2.08. The molecule has 0 fully saturated rings. The van der Waals surface area contributed by atoms with Gasteiger partial charge < -0.3 is 10.1 Å². The average Bonchev–Trinajstić information content (AvgIpc) is 2.46. The Morgan fingerprint density at radius 3 is 2.43 bits per heavy atom. The van der Waals surface area contributed by atoms with Gasteiger partial charge in [-0.2, -0.15) is 0 Å². The van der Waals surface area contributed by atoms with Gasteiger partial charge >= 0.3 is 0 Å². The third kappa shape index (κ3) is 5.44. The molecule has 2 rings (SSSR count). The first-order valence-corrected chi connectivity index (χ1v) is 8.06. The highest BCUT2D eigenvalue weighted by molar-refractivity contribution is 6.04. The maximum atomic E-state index is 12.4. The van der Waals surface area contributed by atoms with E-state index >= 15 is 0 Å². The van der Waals surface area contributed by atoms with E-state index in [2.05, 4.69) is 25.2 Å². The smallest absolute Gasteiger partial charge is 0.255 e. The van der Waals surface area contributed by atoms with Crippen molar-refractivity contribution in [1.29, 1.82) is 0 Å². The molecule has 2 aromatic carbocycles. The van der Waals surface area contributed by atoms with Crippen molar-refractivity contribution in [3.63, 3.8) is 0 Å². The first-order valence-electron chi connectivity index (χ1n) is 8.06. The molecular formula is C20H25NO2. The van der Waals surface area contributed by atoms with Crippen LogP contribution in [-0.2, 0) is 0 Å². The summed E-state index contributed by atoms with van der Waals surface area (Å²) >= 11 is 0. The summed E-state index contributed by atoms with van der Waals surface area (Å²) in [4.78, 5) is 12.4. The second kappa shape index (κ2) is 7.82. The Balaban J connectivity index is 2.04. The molecular weight excluding hydrogens is 286 g/mol. The van der Waals surface area contributed by atoms with Crippen molar-refractivity contribution < 1.29 is 9.53 Å². The topological polar surface area (TPSA) is 38.3 Å². The number of benzene rings is 2. The Bertz CT molecular complexity index is 657. The molecule has 0 aliphatic carbocycles. The maximum absolute atomic E-state index is 12.4. The van der Waals surface area contributed by atoms with Crippen LogP contribution in [-0.4, -0.2) is 12.5 Å². The van der Waals surface area contributed by atoms with Crippen LogP contribution in [0.3, 0.4) is 0 Å². The molecule has 0 aliphatic rings. The number of anilines is 1. The van der Waals surface area contributed by atoms with Crippen LogP contribution < -0.4 is 10.1 Å². The van der Waals surface area contributed by atoms with Crippen LogP contribution in [0.1, 0.15) is 41.8 Å². The predicted octanol–water partition coefficient (Wildman–Crippen LogP) is 4.98. The SMILES string of the molecule is Cc1cc(C)cc(NC(=O)c2cccc(OCCC(C)C)c2)c1.